The smallest absolute Gasteiger partial charge is 0.336 e. The maximum atomic E-state index is 10.8. The first kappa shape index (κ1) is 15.3. The number of hydrogen-bond donors (Lipinski definition) is 2. The predicted molar refractivity (Wildman–Crippen MR) is 83.0 cm³/mol. The van der Waals surface area contributed by atoms with E-state index in [2.05, 4.69) is 5.32 Å². The van der Waals surface area contributed by atoms with Crippen LogP contribution in [0.5, 0.6) is 0 Å². The summed E-state index contributed by atoms with van der Waals surface area (Å²) < 4.78 is 0. The lowest BCUT2D eigenvalue weighted by atomic mass is 10.1. The molecule has 6 heteroatoms. The van der Waals surface area contributed by atoms with Gasteiger partial charge in [-0.3, -0.25) is 0 Å². The molecular formula is C14H13Cl2NO2S. The van der Waals surface area contributed by atoms with Crippen molar-refractivity contribution >= 4 is 40.5 Å². The summed E-state index contributed by atoms with van der Waals surface area (Å²) in [6.45, 7) is 2.63. The fourth-order valence-corrected chi connectivity index (χ4v) is 2.85. The van der Waals surface area contributed by atoms with Crippen molar-refractivity contribution in [3.63, 3.8) is 0 Å². The van der Waals surface area contributed by atoms with Crippen molar-refractivity contribution in [2.45, 2.75) is 19.5 Å². The third kappa shape index (κ3) is 3.73. The van der Waals surface area contributed by atoms with Crippen LogP contribution < -0.4 is 5.32 Å². The maximum absolute atomic E-state index is 10.8. The number of carbonyl (C=O) groups is 1. The molecule has 0 aliphatic rings. The van der Waals surface area contributed by atoms with Crippen LogP contribution in [0.3, 0.4) is 0 Å². The molecule has 106 valence electrons. The molecule has 2 rings (SSSR count). The highest BCUT2D eigenvalue weighted by Crippen LogP contribution is 2.26. The molecule has 0 aliphatic carbocycles. The molecule has 1 aromatic heterocycles. The number of halogens is 2. The molecular weight excluding hydrogens is 317 g/mol. The molecule has 0 spiro atoms. The van der Waals surface area contributed by atoms with Crippen LogP contribution in [-0.4, -0.2) is 11.1 Å². The van der Waals surface area contributed by atoms with Gasteiger partial charge in [0, 0.05) is 22.8 Å². The van der Waals surface area contributed by atoms with E-state index in [1.807, 2.05) is 19.1 Å². The minimum Gasteiger partial charge on any atom is -0.478 e. The molecule has 2 aromatic rings. The highest BCUT2D eigenvalue weighted by molar-refractivity contribution is 7.10. The zero-order valence-electron chi connectivity index (χ0n) is 10.7. The third-order valence-corrected chi connectivity index (χ3v) is 4.60. The van der Waals surface area contributed by atoms with E-state index < -0.39 is 5.97 Å². The molecule has 0 amide bonds. The first-order valence-corrected chi connectivity index (χ1v) is 7.60. The molecule has 0 saturated carbocycles. The Morgan fingerprint density at radius 3 is 2.70 bits per heavy atom. The minimum absolute atomic E-state index is 0.0974. The lowest BCUT2D eigenvalue weighted by Gasteiger charge is -2.14. The van der Waals surface area contributed by atoms with Crippen LogP contribution in [0.4, 0.5) is 0 Å². The van der Waals surface area contributed by atoms with E-state index in [4.69, 9.17) is 28.3 Å². The Morgan fingerprint density at radius 2 is 2.10 bits per heavy atom. The molecule has 0 saturated heterocycles. The monoisotopic (exact) mass is 329 g/mol. The van der Waals surface area contributed by atoms with Gasteiger partial charge in [0.05, 0.1) is 15.6 Å². The fraction of sp³-hybridized carbons (Fsp3) is 0.214. The number of carboxylic acids is 1. The summed E-state index contributed by atoms with van der Waals surface area (Å²) in [5.41, 5.74) is 1.36. The summed E-state index contributed by atoms with van der Waals surface area (Å²) in [4.78, 5) is 11.8. The Bertz CT molecular complexity index is 627. The molecule has 1 atom stereocenters. The number of carboxylic acid groups (broad SMARTS) is 1. The van der Waals surface area contributed by atoms with Gasteiger partial charge in [0.25, 0.3) is 0 Å². The van der Waals surface area contributed by atoms with Gasteiger partial charge in [0.2, 0.25) is 0 Å². The molecule has 0 bridgehead atoms. The van der Waals surface area contributed by atoms with Crippen LogP contribution in [0.25, 0.3) is 0 Å². The number of nitrogens with one attached hydrogen (secondary N) is 1. The highest BCUT2D eigenvalue weighted by Gasteiger charge is 2.10. The summed E-state index contributed by atoms with van der Waals surface area (Å²) in [6, 6.07) is 7.30. The summed E-state index contributed by atoms with van der Waals surface area (Å²) in [6.07, 6.45) is 0. The molecule has 0 radical (unpaired) electrons. The van der Waals surface area contributed by atoms with Crippen LogP contribution >= 0.6 is 34.5 Å². The van der Waals surface area contributed by atoms with E-state index >= 15 is 0 Å². The van der Waals surface area contributed by atoms with Crippen molar-refractivity contribution in [1.82, 2.24) is 5.32 Å². The molecule has 1 unspecified atom stereocenters. The van der Waals surface area contributed by atoms with Gasteiger partial charge in [-0.05, 0) is 30.7 Å². The molecule has 2 N–H and O–H groups in total. The second-order valence-electron chi connectivity index (χ2n) is 4.38. The van der Waals surface area contributed by atoms with E-state index in [1.165, 1.54) is 11.3 Å². The number of rotatable bonds is 5. The van der Waals surface area contributed by atoms with Crippen molar-refractivity contribution in [3.05, 3.63) is 55.7 Å². The number of benzene rings is 1. The topological polar surface area (TPSA) is 49.3 Å². The average Bonchev–Trinajstić information content (AvgIpc) is 2.88. The summed E-state index contributed by atoms with van der Waals surface area (Å²) >= 11 is 13.3. The van der Waals surface area contributed by atoms with E-state index in [0.29, 0.717) is 22.2 Å². The van der Waals surface area contributed by atoms with E-state index in [9.17, 15) is 4.79 Å². The molecule has 3 nitrogen and oxygen atoms in total. The first-order chi connectivity index (χ1) is 9.47. The zero-order chi connectivity index (χ0) is 14.7. The average molecular weight is 330 g/mol. The molecule has 0 fully saturated rings. The Morgan fingerprint density at radius 1 is 1.35 bits per heavy atom. The van der Waals surface area contributed by atoms with E-state index in [1.54, 1.807) is 17.5 Å². The largest absolute Gasteiger partial charge is 0.478 e. The Hall–Kier alpha value is -1.07. The van der Waals surface area contributed by atoms with Crippen molar-refractivity contribution in [1.29, 1.82) is 0 Å². The first-order valence-electron chi connectivity index (χ1n) is 5.96. The van der Waals surface area contributed by atoms with Gasteiger partial charge in [-0.1, -0.05) is 29.3 Å². The minimum atomic E-state index is -0.898. The van der Waals surface area contributed by atoms with Crippen LogP contribution in [-0.2, 0) is 6.54 Å². The zero-order valence-corrected chi connectivity index (χ0v) is 13.0. The third-order valence-electron chi connectivity index (χ3n) is 2.93. The van der Waals surface area contributed by atoms with Crippen molar-refractivity contribution < 1.29 is 9.90 Å². The van der Waals surface area contributed by atoms with E-state index in [0.717, 1.165) is 10.4 Å². The summed E-state index contributed by atoms with van der Waals surface area (Å²) in [5.74, 6) is -0.898. The number of aromatic carboxylic acids is 1. The maximum Gasteiger partial charge on any atom is 0.336 e. The molecule has 1 aromatic carbocycles. The van der Waals surface area contributed by atoms with Gasteiger partial charge >= 0.3 is 5.97 Å². The quantitative estimate of drug-likeness (QED) is 0.842. The number of hydrogen-bond acceptors (Lipinski definition) is 3. The van der Waals surface area contributed by atoms with Gasteiger partial charge in [-0.25, -0.2) is 4.79 Å². The van der Waals surface area contributed by atoms with Gasteiger partial charge in [-0.2, -0.15) is 0 Å². The van der Waals surface area contributed by atoms with Crippen LogP contribution in [0.1, 0.15) is 33.8 Å². The van der Waals surface area contributed by atoms with Gasteiger partial charge in [-0.15, -0.1) is 11.3 Å². The normalized spacial score (nSPS) is 12.3. The Balaban J connectivity index is 1.98. The lowest BCUT2D eigenvalue weighted by Crippen LogP contribution is -2.17. The lowest BCUT2D eigenvalue weighted by molar-refractivity contribution is 0.0697. The van der Waals surface area contributed by atoms with Gasteiger partial charge in [0.15, 0.2) is 0 Å². The fourth-order valence-electron chi connectivity index (χ4n) is 1.74. The molecule has 1 heterocycles. The SMILES string of the molecule is CC(NCc1cc(C(=O)O)cs1)c1ccc(Cl)c(Cl)c1. The summed E-state index contributed by atoms with van der Waals surface area (Å²) in [5, 5.41) is 14.9. The van der Waals surface area contributed by atoms with E-state index in [-0.39, 0.29) is 6.04 Å². The molecule has 0 aliphatic heterocycles. The number of thiophene rings is 1. The second-order valence-corrected chi connectivity index (χ2v) is 6.19. The van der Waals surface area contributed by atoms with Gasteiger partial charge < -0.3 is 10.4 Å². The van der Waals surface area contributed by atoms with Crippen molar-refractivity contribution in [3.8, 4) is 0 Å². The summed E-state index contributed by atoms with van der Waals surface area (Å²) in [7, 11) is 0. The van der Waals surface area contributed by atoms with Gasteiger partial charge in [0.1, 0.15) is 0 Å². The van der Waals surface area contributed by atoms with Crippen LogP contribution in [0.15, 0.2) is 29.6 Å². The van der Waals surface area contributed by atoms with Crippen molar-refractivity contribution in [2.24, 2.45) is 0 Å². The standard InChI is InChI=1S/C14H13Cl2NO2S/c1-8(9-2-3-12(15)13(16)5-9)17-6-11-4-10(7-20-11)14(18)19/h2-5,7-8,17H,6H2,1H3,(H,18,19). The molecule has 20 heavy (non-hydrogen) atoms. The van der Waals surface area contributed by atoms with Crippen LogP contribution in [0, 0.1) is 0 Å². The Kier molecular flexibility index (Phi) is 5.05. The van der Waals surface area contributed by atoms with Crippen molar-refractivity contribution in [2.75, 3.05) is 0 Å². The second kappa shape index (κ2) is 6.59. The van der Waals surface area contributed by atoms with Crippen LogP contribution in [0.2, 0.25) is 10.0 Å². The Labute approximate surface area is 131 Å². The predicted octanol–water partition coefficient (Wildman–Crippen LogP) is 4.60. The highest BCUT2D eigenvalue weighted by atomic mass is 35.5.